The molecule has 7 heteroatoms. The number of methoxy groups -OCH3 is 1. The maximum absolute atomic E-state index is 12.8. The van der Waals surface area contributed by atoms with Crippen molar-refractivity contribution in [1.29, 1.82) is 0 Å². The summed E-state index contributed by atoms with van der Waals surface area (Å²) in [5, 5.41) is 9.64. The van der Waals surface area contributed by atoms with E-state index >= 15 is 0 Å². The first kappa shape index (κ1) is 18.8. The quantitative estimate of drug-likeness (QED) is 0.689. The van der Waals surface area contributed by atoms with Gasteiger partial charge >= 0.3 is 0 Å². The van der Waals surface area contributed by atoms with Crippen molar-refractivity contribution in [2.45, 2.75) is 45.6 Å². The van der Waals surface area contributed by atoms with Crippen molar-refractivity contribution in [3.05, 3.63) is 0 Å². The van der Waals surface area contributed by atoms with E-state index in [0.717, 1.165) is 25.7 Å². The van der Waals surface area contributed by atoms with Gasteiger partial charge in [-0.05, 0) is 25.7 Å². The first-order chi connectivity index (χ1) is 9.86. The Morgan fingerprint density at radius 2 is 2.00 bits per heavy atom. The summed E-state index contributed by atoms with van der Waals surface area (Å²) in [4.78, 5) is 0. The number of aliphatic hydroxyl groups excluding tert-OH is 1. The maximum atomic E-state index is 12.8. The molecule has 6 nitrogen and oxygen atoms in total. The largest absolute Gasteiger partial charge is 0.396 e. The second-order valence-electron chi connectivity index (χ2n) is 5.99. The molecule has 1 aliphatic heterocycles. The van der Waals surface area contributed by atoms with Crippen molar-refractivity contribution >= 4 is 10.2 Å². The Bertz CT molecular complexity index is 401. The molecule has 0 bridgehead atoms. The zero-order valence-electron chi connectivity index (χ0n) is 13.7. The minimum Gasteiger partial charge on any atom is -0.396 e. The van der Waals surface area contributed by atoms with E-state index in [2.05, 4.69) is 0 Å². The van der Waals surface area contributed by atoms with E-state index in [0.29, 0.717) is 19.7 Å². The Morgan fingerprint density at radius 1 is 1.38 bits per heavy atom. The summed E-state index contributed by atoms with van der Waals surface area (Å²) in [5.74, 6) is 0. The summed E-state index contributed by atoms with van der Waals surface area (Å²) in [7, 11) is -0.299. The van der Waals surface area contributed by atoms with Crippen molar-refractivity contribution in [1.82, 2.24) is 8.61 Å². The van der Waals surface area contributed by atoms with Gasteiger partial charge in [-0.2, -0.15) is 17.0 Å². The molecule has 0 amide bonds. The van der Waals surface area contributed by atoms with Crippen molar-refractivity contribution < 1.29 is 18.3 Å². The third kappa shape index (κ3) is 4.16. The number of ether oxygens (including phenoxy) is 1. The van der Waals surface area contributed by atoms with Crippen LogP contribution < -0.4 is 0 Å². The van der Waals surface area contributed by atoms with Gasteiger partial charge in [-0.1, -0.05) is 13.8 Å². The predicted molar refractivity (Wildman–Crippen MR) is 83.3 cm³/mol. The minimum absolute atomic E-state index is 0.00135. The average Bonchev–Trinajstić information content (AvgIpc) is 2.94. The molecule has 1 rings (SSSR count). The molecule has 1 fully saturated rings. The Hall–Kier alpha value is -0.210. The smallest absolute Gasteiger partial charge is 0.282 e. The van der Waals surface area contributed by atoms with Crippen molar-refractivity contribution in [2.24, 2.45) is 5.41 Å². The predicted octanol–water partition coefficient (Wildman–Crippen LogP) is 1.07. The van der Waals surface area contributed by atoms with E-state index in [9.17, 15) is 13.5 Å². The van der Waals surface area contributed by atoms with Gasteiger partial charge in [0.25, 0.3) is 10.2 Å². The van der Waals surface area contributed by atoms with Gasteiger partial charge in [-0.25, -0.2) is 0 Å². The summed E-state index contributed by atoms with van der Waals surface area (Å²) in [6, 6.07) is -0.0748. The molecule has 0 radical (unpaired) electrons. The molecule has 1 saturated heterocycles. The third-order valence-electron chi connectivity index (χ3n) is 4.77. The normalized spacial score (nSPS) is 21.3. The number of nitrogens with zero attached hydrogens (tertiary/aromatic N) is 2. The summed E-state index contributed by atoms with van der Waals surface area (Å²) in [5.41, 5.74) is -0.363. The average molecular weight is 322 g/mol. The van der Waals surface area contributed by atoms with E-state index in [1.165, 1.54) is 4.31 Å². The van der Waals surface area contributed by atoms with Crippen LogP contribution in [0, 0.1) is 5.41 Å². The van der Waals surface area contributed by atoms with E-state index in [-0.39, 0.29) is 18.1 Å². The van der Waals surface area contributed by atoms with Gasteiger partial charge in [0.2, 0.25) is 0 Å². The van der Waals surface area contributed by atoms with Crippen molar-refractivity contribution in [3.8, 4) is 0 Å². The molecule has 1 heterocycles. The second-order valence-corrected chi connectivity index (χ2v) is 7.98. The topological polar surface area (TPSA) is 70.1 Å². The van der Waals surface area contributed by atoms with Crippen LogP contribution in [-0.4, -0.2) is 68.6 Å². The van der Waals surface area contributed by atoms with Crippen LogP contribution in [0.25, 0.3) is 0 Å². The van der Waals surface area contributed by atoms with Gasteiger partial charge in [-0.3, -0.25) is 0 Å². The fraction of sp³-hybridized carbons (Fsp3) is 1.00. The first-order valence-electron chi connectivity index (χ1n) is 7.69. The standard InChI is InChI=1S/C14H30N2O4S/c1-5-14(6-2,12-17)11-15(3)21(18,19)16-9-7-8-13(16)10-20-4/h13,17H,5-12H2,1-4H3. The van der Waals surface area contributed by atoms with Crippen LogP contribution in [0.2, 0.25) is 0 Å². The molecule has 0 aromatic heterocycles. The fourth-order valence-corrected chi connectivity index (χ4v) is 4.65. The Labute approximate surface area is 129 Å². The molecule has 1 unspecified atom stereocenters. The van der Waals surface area contributed by atoms with Crippen molar-refractivity contribution in [3.63, 3.8) is 0 Å². The fourth-order valence-electron chi connectivity index (χ4n) is 2.95. The number of hydrogen-bond acceptors (Lipinski definition) is 4. The Balaban J connectivity index is 2.86. The highest BCUT2D eigenvalue weighted by Crippen LogP contribution is 2.30. The van der Waals surface area contributed by atoms with Crippen LogP contribution in [-0.2, 0) is 14.9 Å². The van der Waals surface area contributed by atoms with Gasteiger partial charge < -0.3 is 9.84 Å². The number of hydrogen-bond donors (Lipinski definition) is 1. The lowest BCUT2D eigenvalue weighted by Gasteiger charge is -2.36. The zero-order valence-corrected chi connectivity index (χ0v) is 14.5. The van der Waals surface area contributed by atoms with Crippen LogP contribution in [0.1, 0.15) is 39.5 Å². The molecular weight excluding hydrogens is 292 g/mol. The summed E-state index contributed by atoms with van der Waals surface area (Å²) in [6.07, 6.45) is 3.21. The lowest BCUT2D eigenvalue weighted by Crippen LogP contribution is -2.49. The highest BCUT2D eigenvalue weighted by molar-refractivity contribution is 7.86. The number of rotatable bonds is 9. The minimum atomic E-state index is -3.50. The SMILES string of the molecule is CCC(CC)(CO)CN(C)S(=O)(=O)N1CCCC1COC. The van der Waals surface area contributed by atoms with E-state index in [1.54, 1.807) is 18.5 Å². The molecule has 1 atom stereocenters. The molecule has 21 heavy (non-hydrogen) atoms. The van der Waals surface area contributed by atoms with Crippen LogP contribution in [0.5, 0.6) is 0 Å². The van der Waals surface area contributed by atoms with Gasteiger partial charge in [0.15, 0.2) is 0 Å². The first-order valence-corrected chi connectivity index (χ1v) is 9.09. The molecular formula is C14H30N2O4S. The van der Waals surface area contributed by atoms with Gasteiger partial charge in [0.1, 0.15) is 0 Å². The molecule has 1 N–H and O–H groups in total. The lowest BCUT2D eigenvalue weighted by molar-refractivity contribution is 0.0937. The highest BCUT2D eigenvalue weighted by Gasteiger charge is 2.39. The van der Waals surface area contributed by atoms with E-state index in [1.807, 2.05) is 13.8 Å². The Morgan fingerprint density at radius 3 is 2.48 bits per heavy atom. The van der Waals surface area contributed by atoms with Gasteiger partial charge in [-0.15, -0.1) is 0 Å². The molecule has 126 valence electrons. The maximum Gasteiger partial charge on any atom is 0.282 e. The monoisotopic (exact) mass is 322 g/mol. The van der Waals surface area contributed by atoms with Crippen LogP contribution in [0.3, 0.4) is 0 Å². The second kappa shape index (κ2) is 7.87. The van der Waals surface area contributed by atoms with E-state index < -0.39 is 10.2 Å². The Kier molecular flexibility index (Phi) is 7.06. The van der Waals surface area contributed by atoms with Gasteiger partial charge in [0, 0.05) is 45.3 Å². The van der Waals surface area contributed by atoms with E-state index in [4.69, 9.17) is 4.74 Å². The van der Waals surface area contributed by atoms with Crippen LogP contribution in [0.15, 0.2) is 0 Å². The van der Waals surface area contributed by atoms with Crippen LogP contribution in [0.4, 0.5) is 0 Å². The molecule has 0 aromatic carbocycles. The summed E-state index contributed by atoms with van der Waals surface area (Å²) in [6.45, 7) is 5.30. The highest BCUT2D eigenvalue weighted by atomic mass is 32.2. The third-order valence-corrected chi connectivity index (χ3v) is 6.76. The summed E-state index contributed by atoms with van der Waals surface area (Å²) >= 11 is 0. The molecule has 0 saturated carbocycles. The lowest BCUT2D eigenvalue weighted by atomic mass is 9.83. The van der Waals surface area contributed by atoms with Crippen molar-refractivity contribution in [2.75, 3.05) is 40.5 Å². The molecule has 0 spiro atoms. The molecule has 1 aliphatic rings. The number of aliphatic hydroxyl groups is 1. The molecule has 0 aromatic rings. The van der Waals surface area contributed by atoms with Gasteiger partial charge in [0.05, 0.1) is 6.61 Å². The van der Waals surface area contributed by atoms with Crippen LogP contribution >= 0.6 is 0 Å². The zero-order chi connectivity index (χ0) is 16.1. The summed E-state index contributed by atoms with van der Waals surface area (Å²) < 4.78 is 33.6. The molecule has 0 aliphatic carbocycles.